The summed E-state index contributed by atoms with van der Waals surface area (Å²) in [4.78, 5) is 32.3. The van der Waals surface area contributed by atoms with Crippen molar-refractivity contribution in [3.63, 3.8) is 0 Å². The molecule has 0 saturated carbocycles. The molecule has 2 heterocycles. The Morgan fingerprint density at radius 2 is 1.00 bits per heavy atom. The van der Waals surface area contributed by atoms with Crippen molar-refractivity contribution in [1.82, 2.24) is 25.9 Å². The second kappa shape index (κ2) is 15.9. The summed E-state index contributed by atoms with van der Waals surface area (Å²) in [5, 5.41) is 9.41. The van der Waals surface area contributed by atoms with Gasteiger partial charge < -0.3 is 16.0 Å². The minimum absolute atomic E-state index is 0.0462. The highest BCUT2D eigenvalue weighted by Crippen LogP contribution is 2.03. The van der Waals surface area contributed by atoms with E-state index in [2.05, 4.69) is 25.9 Å². The van der Waals surface area contributed by atoms with Gasteiger partial charge in [-0.2, -0.15) is 0 Å². The van der Waals surface area contributed by atoms with E-state index in [0.29, 0.717) is 24.2 Å². The van der Waals surface area contributed by atoms with E-state index in [9.17, 15) is 9.59 Å². The molecule has 0 spiro atoms. The van der Waals surface area contributed by atoms with E-state index in [-0.39, 0.29) is 11.8 Å². The lowest BCUT2D eigenvalue weighted by Crippen LogP contribution is -2.24. The smallest absolute Gasteiger partial charge is 0.252 e. The Morgan fingerprint density at radius 1 is 0.606 bits per heavy atom. The predicted molar refractivity (Wildman–Crippen MR) is 132 cm³/mol. The van der Waals surface area contributed by atoms with Crippen LogP contribution in [0.25, 0.3) is 0 Å². The predicted octanol–water partition coefficient (Wildman–Crippen LogP) is 3.96. The van der Waals surface area contributed by atoms with Crippen molar-refractivity contribution < 1.29 is 9.59 Å². The van der Waals surface area contributed by atoms with Crippen molar-refractivity contribution in [2.24, 2.45) is 0 Å². The highest BCUT2D eigenvalue weighted by atomic mass is 16.2. The number of rotatable bonds is 16. The SMILES string of the molecule is Cc1ccc(C(=O)NCCCCCCNCCCCCCNC(=O)c2ccc(C)nc2)cn1. The van der Waals surface area contributed by atoms with Crippen LogP contribution in [-0.2, 0) is 0 Å². The van der Waals surface area contributed by atoms with Crippen LogP contribution in [0, 0.1) is 13.8 Å². The normalized spacial score (nSPS) is 10.7. The Balaban J connectivity index is 1.32. The number of unbranched alkanes of at least 4 members (excludes halogenated alkanes) is 6. The van der Waals surface area contributed by atoms with Crippen LogP contribution in [0.1, 0.15) is 83.5 Å². The van der Waals surface area contributed by atoms with Crippen molar-refractivity contribution in [1.29, 1.82) is 0 Å². The average Bonchev–Trinajstić information content (AvgIpc) is 2.82. The third-order valence-electron chi connectivity index (χ3n) is 5.48. The monoisotopic (exact) mass is 453 g/mol. The second-order valence-electron chi connectivity index (χ2n) is 8.47. The summed E-state index contributed by atoms with van der Waals surface area (Å²) in [7, 11) is 0. The summed E-state index contributed by atoms with van der Waals surface area (Å²) in [6.45, 7) is 7.33. The van der Waals surface area contributed by atoms with Crippen LogP contribution in [0.2, 0.25) is 0 Å². The zero-order valence-corrected chi connectivity index (χ0v) is 20.2. The number of nitrogens with one attached hydrogen (secondary N) is 3. The lowest BCUT2D eigenvalue weighted by atomic mass is 10.1. The topological polar surface area (TPSA) is 96.0 Å². The fourth-order valence-electron chi connectivity index (χ4n) is 3.39. The summed E-state index contributed by atoms with van der Waals surface area (Å²) in [6.07, 6.45) is 12.2. The van der Waals surface area contributed by atoms with Gasteiger partial charge >= 0.3 is 0 Å². The number of hydrogen-bond donors (Lipinski definition) is 3. The number of nitrogens with zero attached hydrogens (tertiary/aromatic N) is 2. The molecule has 0 atom stereocenters. The number of amides is 2. The Hall–Kier alpha value is -2.80. The first-order chi connectivity index (χ1) is 16.1. The maximum Gasteiger partial charge on any atom is 0.252 e. The third-order valence-corrected chi connectivity index (χ3v) is 5.48. The molecule has 2 aromatic heterocycles. The van der Waals surface area contributed by atoms with E-state index in [4.69, 9.17) is 0 Å². The van der Waals surface area contributed by atoms with Gasteiger partial charge in [0.15, 0.2) is 0 Å². The summed E-state index contributed by atoms with van der Waals surface area (Å²) in [5.41, 5.74) is 3.07. The molecule has 3 N–H and O–H groups in total. The zero-order valence-electron chi connectivity index (χ0n) is 20.2. The molecule has 0 unspecified atom stereocenters. The Morgan fingerprint density at radius 3 is 1.36 bits per heavy atom. The fraction of sp³-hybridized carbons (Fsp3) is 0.538. The molecule has 0 aliphatic heterocycles. The maximum absolute atomic E-state index is 12.0. The van der Waals surface area contributed by atoms with Gasteiger partial charge in [-0.3, -0.25) is 19.6 Å². The Kier molecular flexibility index (Phi) is 12.8. The van der Waals surface area contributed by atoms with Crippen LogP contribution in [0.15, 0.2) is 36.7 Å². The van der Waals surface area contributed by atoms with Crippen LogP contribution < -0.4 is 16.0 Å². The first-order valence-electron chi connectivity index (χ1n) is 12.2. The van der Waals surface area contributed by atoms with E-state index in [1.165, 1.54) is 12.8 Å². The quantitative estimate of drug-likeness (QED) is 0.334. The molecule has 180 valence electrons. The van der Waals surface area contributed by atoms with Gasteiger partial charge in [0.2, 0.25) is 0 Å². The number of aryl methyl sites for hydroxylation is 2. The Bertz CT molecular complexity index is 752. The van der Waals surface area contributed by atoms with E-state index >= 15 is 0 Å². The van der Waals surface area contributed by atoms with Gasteiger partial charge in [0.1, 0.15) is 0 Å². The standard InChI is InChI=1S/C26H39N5O2/c1-21-11-13-23(19-30-21)25(32)28-17-9-5-3-7-15-27-16-8-4-6-10-18-29-26(33)24-14-12-22(2)31-20-24/h11-14,19-20,27H,3-10,15-18H2,1-2H3,(H,28,32)(H,29,33). The van der Waals surface area contributed by atoms with Crippen molar-refractivity contribution >= 4 is 11.8 Å². The van der Waals surface area contributed by atoms with E-state index in [1.54, 1.807) is 12.4 Å². The molecule has 7 heteroatoms. The fourth-order valence-corrected chi connectivity index (χ4v) is 3.39. The van der Waals surface area contributed by atoms with Gasteiger partial charge in [0, 0.05) is 36.9 Å². The molecular formula is C26H39N5O2. The largest absolute Gasteiger partial charge is 0.352 e. The van der Waals surface area contributed by atoms with E-state index < -0.39 is 0 Å². The summed E-state index contributed by atoms with van der Waals surface area (Å²) >= 11 is 0. The van der Waals surface area contributed by atoms with Crippen LogP contribution in [0.3, 0.4) is 0 Å². The minimum Gasteiger partial charge on any atom is -0.352 e. The van der Waals surface area contributed by atoms with Crippen LogP contribution in [0.5, 0.6) is 0 Å². The number of carbonyl (C=O) groups is 2. The summed E-state index contributed by atoms with van der Waals surface area (Å²) in [6, 6.07) is 7.33. The van der Waals surface area contributed by atoms with Gasteiger partial charge in [-0.05, 0) is 76.9 Å². The Labute approximate surface area is 198 Å². The molecule has 0 aliphatic carbocycles. The van der Waals surface area contributed by atoms with Crippen molar-refractivity contribution in [3.05, 3.63) is 59.2 Å². The number of hydrogen-bond acceptors (Lipinski definition) is 5. The molecule has 0 saturated heterocycles. The number of aromatic nitrogens is 2. The first kappa shape index (κ1) is 26.5. The van der Waals surface area contributed by atoms with Crippen LogP contribution >= 0.6 is 0 Å². The highest BCUT2D eigenvalue weighted by Gasteiger charge is 2.05. The molecule has 0 aromatic carbocycles. The molecule has 0 fully saturated rings. The number of pyridine rings is 2. The molecule has 33 heavy (non-hydrogen) atoms. The van der Waals surface area contributed by atoms with Crippen molar-refractivity contribution in [2.45, 2.75) is 65.2 Å². The van der Waals surface area contributed by atoms with E-state index in [0.717, 1.165) is 63.0 Å². The van der Waals surface area contributed by atoms with Crippen molar-refractivity contribution in [2.75, 3.05) is 26.2 Å². The first-order valence-corrected chi connectivity index (χ1v) is 12.2. The highest BCUT2D eigenvalue weighted by molar-refractivity contribution is 5.94. The van der Waals surface area contributed by atoms with Gasteiger partial charge in [-0.25, -0.2) is 0 Å². The molecular weight excluding hydrogens is 414 g/mol. The van der Waals surface area contributed by atoms with Gasteiger partial charge in [0.25, 0.3) is 11.8 Å². The van der Waals surface area contributed by atoms with Gasteiger partial charge in [-0.15, -0.1) is 0 Å². The lowest BCUT2D eigenvalue weighted by Gasteiger charge is -2.07. The molecule has 2 aromatic rings. The summed E-state index contributed by atoms with van der Waals surface area (Å²) < 4.78 is 0. The molecule has 2 rings (SSSR count). The molecule has 0 aliphatic rings. The second-order valence-corrected chi connectivity index (χ2v) is 8.47. The zero-order chi connectivity index (χ0) is 23.7. The molecule has 0 bridgehead atoms. The van der Waals surface area contributed by atoms with Crippen LogP contribution in [0.4, 0.5) is 0 Å². The average molecular weight is 454 g/mol. The summed E-state index contributed by atoms with van der Waals surface area (Å²) in [5.74, 6) is -0.0924. The van der Waals surface area contributed by atoms with Crippen LogP contribution in [-0.4, -0.2) is 48.0 Å². The third kappa shape index (κ3) is 11.6. The molecule has 2 amide bonds. The molecule has 7 nitrogen and oxygen atoms in total. The van der Waals surface area contributed by atoms with E-state index in [1.807, 2.05) is 38.1 Å². The lowest BCUT2D eigenvalue weighted by molar-refractivity contribution is 0.0944. The maximum atomic E-state index is 12.0. The van der Waals surface area contributed by atoms with Gasteiger partial charge in [0.05, 0.1) is 11.1 Å². The number of carbonyl (C=O) groups excluding carboxylic acids is 2. The minimum atomic E-state index is -0.0462. The molecule has 0 radical (unpaired) electrons. The van der Waals surface area contributed by atoms with Crippen molar-refractivity contribution in [3.8, 4) is 0 Å². The van der Waals surface area contributed by atoms with Gasteiger partial charge in [-0.1, -0.05) is 25.7 Å².